The smallest absolute Gasteiger partial charge is 0.138 e. The van der Waals surface area contributed by atoms with E-state index in [9.17, 15) is 0 Å². The van der Waals surface area contributed by atoms with E-state index in [-0.39, 0.29) is 0 Å². The van der Waals surface area contributed by atoms with Crippen LogP contribution in [0.15, 0.2) is 18.3 Å². The average molecular weight is 289 g/mol. The summed E-state index contributed by atoms with van der Waals surface area (Å²) in [5.74, 6) is 0.977. The third-order valence-corrected chi connectivity index (χ3v) is 5.31. The summed E-state index contributed by atoms with van der Waals surface area (Å²) in [5.41, 5.74) is 7.36. The van der Waals surface area contributed by atoms with Crippen LogP contribution in [-0.2, 0) is 0 Å². The van der Waals surface area contributed by atoms with Gasteiger partial charge in [0.25, 0.3) is 0 Å². The molecule has 2 aliphatic rings. The van der Waals surface area contributed by atoms with Gasteiger partial charge in [-0.25, -0.2) is 4.98 Å². The highest BCUT2D eigenvalue weighted by Crippen LogP contribution is 2.45. The van der Waals surface area contributed by atoms with Crippen LogP contribution in [0.1, 0.15) is 50.5 Å². The molecule has 3 rings (SSSR count). The van der Waals surface area contributed by atoms with Crippen molar-refractivity contribution in [2.75, 3.05) is 18.0 Å². The summed E-state index contributed by atoms with van der Waals surface area (Å²) in [6.45, 7) is 2.18. The van der Waals surface area contributed by atoms with Gasteiger partial charge in [0.15, 0.2) is 0 Å². The minimum absolute atomic E-state index is 0.450. The first-order valence-corrected chi connectivity index (χ1v) is 8.11. The summed E-state index contributed by atoms with van der Waals surface area (Å²) in [7, 11) is 0. The highest BCUT2D eigenvalue weighted by atomic mass is 32.1. The summed E-state index contributed by atoms with van der Waals surface area (Å²) in [6, 6.07) is 3.89. The molecule has 1 aliphatic heterocycles. The highest BCUT2D eigenvalue weighted by molar-refractivity contribution is 7.80. The van der Waals surface area contributed by atoms with Gasteiger partial charge >= 0.3 is 0 Å². The first-order valence-electron chi connectivity index (χ1n) is 7.70. The van der Waals surface area contributed by atoms with Crippen molar-refractivity contribution >= 4 is 23.0 Å². The van der Waals surface area contributed by atoms with Crippen molar-refractivity contribution in [2.45, 2.75) is 44.9 Å². The number of thiocarbonyl (C=S) groups is 1. The Morgan fingerprint density at radius 2 is 1.85 bits per heavy atom. The second kappa shape index (κ2) is 5.68. The monoisotopic (exact) mass is 289 g/mol. The van der Waals surface area contributed by atoms with Crippen molar-refractivity contribution < 1.29 is 0 Å². The number of anilines is 1. The third kappa shape index (κ3) is 2.66. The van der Waals surface area contributed by atoms with E-state index in [1.807, 2.05) is 18.3 Å². The molecular weight excluding hydrogens is 266 g/mol. The van der Waals surface area contributed by atoms with Crippen LogP contribution < -0.4 is 10.6 Å². The molecule has 1 aliphatic carbocycles. The lowest BCUT2D eigenvalue weighted by Crippen LogP contribution is -2.42. The molecule has 1 saturated heterocycles. The lowest BCUT2D eigenvalue weighted by molar-refractivity contribution is 0.144. The SMILES string of the molecule is NC(=S)c1cccnc1N1CCC2(CCCCC2)CC1. The third-order valence-electron chi connectivity index (χ3n) is 5.09. The van der Waals surface area contributed by atoms with Crippen molar-refractivity contribution in [3.8, 4) is 0 Å². The molecule has 2 heterocycles. The van der Waals surface area contributed by atoms with Gasteiger partial charge in [0.05, 0.1) is 5.56 Å². The zero-order valence-electron chi connectivity index (χ0n) is 12.0. The largest absolute Gasteiger partial charge is 0.389 e. The Labute approximate surface area is 126 Å². The molecule has 0 atom stereocenters. The summed E-state index contributed by atoms with van der Waals surface area (Å²) < 4.78 is 0. The number of nitrogens with two attached hydrogens (primary N) is 1. The average Bonchev–Trinajstić information content (AvgIpc) is 2.49. The molecular formula is C16H23N3S. The van der Waals surface area contributed by atoms with E-state index < -0.39 is 0 Å². The van der Waals surface area contributed by atoms with Gasteiger partial charge in [0, 0.05) is 19.3 Å². The molecule has 0 amide bonds. The van der Waals surface area contributed by atoms with Crippen LogP contribution in [-0.4, -0.2) is 23.1 Å². The standard InChI is InChI=1S/C16H23N3S/c17-14(20)13-5-4-10-18-15(13)19-11-8-16(9-12-19)6-2-1-3-7-16/h4-5,10H,1-3,6-9,11-12H2,(H2,17,20). The molecule has 2 N–H and O–H groups in total. The van der Waals surface area contributed by atoms with E-state index in [4.69, 9.17) is 18.0 Å². The predicted molar refractivity (Wildman–Crippen MR) is 87.1 cm³/mol. The van der Waals surface area contributed by atoms with E-state index in [1.165, 1.54) is 44.9 Å². The number of hydrogen-bond donors (Lipinski definition) is 1. The lowest BCUT2D eigenvalue weighted by Gasteiger charge is -2.45. The van der Waals surface area contributed by atoms with Gasteiger partial charge in [-0.1, -0.05) is 31.5 Å². The van der Waals surface area contributed by atoms with Gasteiger partial charge in [-0.3, -0.25) is 0 Å². The van der Waals surface area contributed by atoms with Crippen LogP contribution in [0.3, 0.4) is 0 Å². The van der Waals surface area contributed by atoms with Gasteiger partial charge in [-0.15, -0.1) is 0 Å². The molecule has 1 aromatic heterocycles. The second-order valence-electron chi connectivity index (χ2n) is 6.29. The zero-order chi connectivity index (χ0) is 14.0. The van der Waals surface area contributed by atoms with Crippen molar-refractivity contribution in [2.24, 2.45) is 11.1 Å². The normalized spacial score (nSPS) is 21.9. The van der Waals surface area contributed by atoms with E-state index in [0.29, 0.717) is 10.4 Å². The first kappa shape index (κ1) is 13.8. The summed E-state index contributed by atoms with van der Waals surface area (Å²) in [5, 5.41) is 0. The van der Waals surface area contributed by atoms with Crippen LogP contribution in [0, 0.1) is 5.41 Å². The van der Waals surface area contributed by atoms with Gasteiger partial charge < -0.3 is 10.6 Å². The number of nitrogens with zero attached hydrogens (tertiary/aromatic N) is 2. The minimum atomic E-state index is 0.450. The Hall–Kier alpha value is -1.16. The van der Waals surface area contributed by atoms with Crippen molar-refractivity contribution in [1.82, 2.24) is 4.98 Å². The number of aromatic nitrogens is 1. The molecule has 0 radical (unpaired) electrons. The Morgan fingerprint density at radius 3 is 2.50 bits per heavy atom. The van der Waals surface area contributed by atoms with Crippen molar-refractivity contribution in [1.29, 1.82) is 0 Å². The van der Waals surface area contributed by atoms with Crippen LogP contribution in [0.5, 0.6) is 0 Å². The van der Waals surface area contributed by atoms with Gasteiger partial charge in [-0.05, 0) is 43.2 Å². The van der Waals surface area contributed by atoms with E-state index >= 15 is 0 Å². The molecule has 108 valence electrons. The van der Waals surface area contributed by atoms with Crippen molar-refractivity contribution in [3.05, 3.63) is 23.9 Å². The fourth-order valence-electron chi connectivity index (χ4n) is 3.84. The Kier molecular flexibility index (Phi) is 3.92. The molecule has 0 bridgehead atoms. The summed E-state index contributed by atoms with van der Waals surface area (Å²) in [4.78, 5) is 7.34. The molecule has 1 aromatic rings. The van der Waals surface area contributed by atoms with Gasteiger partial charge in [-0.2, -0.15) is 0 Å². The lowest BCUT2D eigenvalue weighted by atomic mass is 9.68. The van der Waals surface area contributed by atoms with Crippen LogP contribution >= 0.6 is 12.2 Å². The Bertz CT molecular complexity index is 484. The number of pyridine rings is 1. The molecule has 1 spiro atoms. The fourth-order valence-corrected chi connectivity index (χ4v) is 4.00. The van der Waals surface area contributed by atoms with Gasteiger partial charge in [0.1, 0.15) is 10.8 Å². The van der Waals surface area contributed by atoms with E-state index in [0.717, 1.165) is 24.5 Å². The zero-order valence-corrected chi connectivity index (χ0v) is 12.8. The predicted octanol–water partition coefficient (Wildman–Crippen LogP) is 3.27. The topological polar surface area (TPSA) is 42.1 Å². The molecule has 0 unspecified atom stereocenters. The van der Waals surface area contributed by atoms with Crippen LogP contribution in [0.4, 0.5) is 5.82 Å². The molecule has 1 saturated carbocycles. The number of rotatable bonds is 2. The maximum atomic E-state index is 5.82. The Morgan fingerprint density at radius 1 is 1.15 bits per heavy atom. The minimum Gasteiger partial charge on any atom is -0.389 e. The molecule has 3 nitrogen and oxygen atoms in total. The quantitative estimate of drug-likeness (QED) is 0.849. The maximum Gasteiger partial charge on any atom is 0.138 e. The molecule has 2 fully saturated rings. The maximum absolute atomic E-state index is 5.82. The van der Waals surface area contributed by atoms with E-state index in [2.05, 4.69) is 9.88 Å². The van der Waals surface area contributed by atoms with Crippen molar-refractivity contribution in [3.63, 3.8) is 0 Å². The first-order chi connectivity index (χ1) is 9.70. The highest BCUT2D eigenvalue weighted by Gasteiger charge is 2.36. The van der Waals surface area contributed by atoms with E-state index in [1.54, 1.807) is 0 Å². The Balaban J connectivity index is 1.73. The molecule has 0 aromatic carbocycles. The molecule has 4 heteroatoms. The molecule has 20 heavy (non-hydrogen) atoms. The van der Waals surface area contributed by atoms with Crippen LogP contribution in [0.2, 0.25) is 0 Å². The van der Waals surface area contributed by atoms with Gasteiger partial charge in [0.2, 0.25) is 0 Å². The summed E-state index contributed by atoms with van der Waals surface area (Å²) >= 11 is 5.15. The fraction of sp³-hybridized carbons (Fsp3) is 0.625. The second-order valence-corrected chi connectivity index (χ2v) is 6.73. The number of piperidine rings is 1. The summed E-state index contributed by atoms with van der Waals surface area (Å²) in [6.07, 6.45) is 11.5. The number of hydrogen-bond acceptors (Lipinski definition) is 3. The van der Waals surface area contributed by atoms with Crippen LogP contribution in [0.25, 0.3) is 0 Å².